The van der Waals surface area contributed by atoms with Crippen LogP contribution in [0.4, 0.5) is 0 Å². The molecular formula is C8H18N2O4. The third-order valence-corrected chi connectivity index (χ3v) is 1.10. The van der Waals surface area contributed by atoms with Crippen LogP contribution in [0, 0.1) is 0 Å². The predicted molar refractivity (Wildman–Crippen MR) is 52.1 cm³/mol. The van der Waals surface area contributed by atoms with Gasteiger partial charge in [0.1, 0.15) is 0 Å². The Hall–Kier alpha value is -1.14. The van der Waals surface area contributed by atoms with Crippen LogP contribution in [0.2, 0.25) is 0 Å². The molecule has 6 nitrogen and oxygen atoms in total. The first kappa shape index (κ1) is 15.3. The Balaban J connectivity index is 0. The molecule has 1 atom stereocenters. The smallest absolute Gasteiger partial charge is 0.300 e. The molecule has 1 fully saturated rings. The van der Waals surface area contributed by atoms with Gasteiger partial charge in [-0.1, -0.05) is 0 Å². The minimum atomic E-state index is -0.833. The van der Waals surface area contributed by atoms with E-state index in [1.807, 2.05) is 0 Å². The molecule has 0 amide bonds. The summed E-state index contributed by atoms with van der Waals surface area (Å²) in [7, 11) is 0. The number of carboxylic acid groups (broad SMARTS) is 2. The summed E-state index contributed by atoms with van der Waals surface area (Å²) in [6, 6.07) is 0.435. The number of rotatable bonds is 0. The van der Waals surface area contributed by atoms with Gasteiger partial charge in [-0.25, -0.2) is 0 Å². The summed E-state index contributed by atoms with van der Waals surface area (Å²) in [5, 5.41) is 18.0. The van der Waals surface area contributed by atoms with E-state index in [4.69, 9.17) is 25.5 Å². The third-order valence-electron chi connectivity index (χ3n) is 1.10. The van der Waals surface area contributed by atoms with Crippen molar-refractivity contribution in [2.24, 2.45) is 5.73 Å². The van der Waals surface area contributed by atoms with Crippen molar-refractivity contribution in [3.63, 3.8) is 0 Å². The van der Waals surface area contributed by atoms with Crippen molar-refractivity contribution in [1.82, 2.24) is 5.32 Å². The predicted octanol–water partition coefficient (Wildman–Crippen LogP) is -0.511. The zero-order valence-electron chi connectivity index (χ0n) is 8.49. The van der Waals surface area contributed by atoms with Crippen LogP contribution in [0.25, 0.3) is 0 Å². The Labute approximate surface area is 83.1 Å². The fourth-order valence-corrected chi connectivity index (χ4v) is 0.677. The standard InChI is InChI=1S/C4H10N2.2C2H4O2/c5-4-1-2-6-3-4;2*1-2(3)4/h4,6H,1-3,5H2;2*1H3,(H,3,4). The summed E-state index contributed by atoms with van der Waals surface area (Å²) < 4.78 is 0. The minimum absolute atomic E-state index is 0.435. The van der Waals surface area contributed by atoms with Crippen LogP contribution < -0.4 is 11.1 Å². The lowest BCUT2D eigenvalue weighted by Gasteiger charge is -1.91. The van der Waals surface area contributed by atoms with Crippen molar-refractivity contribution in [2.45, 2.75) is 26.3 Å². The Bertz CT molecular complexity index is 147. The first-order chi connectivity index (χ1) is 6.36. The van der Waals surface area contributed by atoms with Gasteiger partial charge in [-0.05, 0) is 13.0 Å². The Morgan fingerprint density at radius 2 is 1.64 bits per heavy atom. The van der Waals surface area contributed by atoms with Gasteiger partial charge in [0.15, 0.2) is 0 Å². The third kappa shape index (κ3) is 30.7. The average molecular weight is 206 g/mol. The highest BCUT2D eigenvalue weighted by Crippen LogP contribution is 1.90. The summed E-state index contributed by atoms with van der Waals surface area (Å²) in [4.78, 5) is 18.0. The van der Waals surface area contributed by atoms with Crippen LogP contribution in [0.1, 0.15) is 20.3 Å². The number of carboxylic acids is 2. The van der Waals surface area contributed by atoms with Gasteiger partial charge in [-0.2, -0.15) is 0 Å². The lowest BCUT2D eigenvalue weighted by Crippen LogP contribution is -2.21. The second-order valence-electron chi connectivity index (χ2n) is 2.79. The molecule has 1 aliphatic rings. The molecule has 0 spiro atoms. The van der Waals surface area contributed by atoms with Gasteiger partial charge in [-0.3, -0.25) is 9.59 Å². The van der Waals surface area contributed by atoms with Crippen molar-refractivity contribution in [2.75, 3.05) is 13.1 Å². The molecule has 0 aromatic rings. The van der Waals surface area contributed by atoms with Crippen LogP contribution in [0.5, 0.6) is 0 Å². The van der Waals surface area contributed by atoms with Crippen LogP contribution in [0.15, 0.2) is 0 Å². The van der Waals surface area contributed by atoms with Gasteiger partial charge in [0.2, 0.25) is 0 Å². The highest BCUT2D eigenvalue weighted by atomic mass is 16.4. The van der Waals surface area contributed by atoms with E-state index < -0.39 is 11.9 Å². The summed E-state index contributed by atoms with van der Waals surface area (Å²) in [5.74, 6) is -1.67. The quantitative estimate of drug-likeness (QED) is 0.424. The van der Waals surface area contributed by atoms with E-state index in [1.54, 1.807) is 0 Å². The summed E-state index contributed by atoms with van der Waals surface area (Å²) in [6.45, 7) is 4.29. The van der Waals surface area contributed by atoms with Crippen LogP contribution in [-0.2, 0) is 9.59 Å². The molecule has 0 saturated carbocycles. The van der Waals surface area contributed by atoms with Crippen molar-refractivity contribution in [3.05, 3.63) is 0 Å². The van der Waals surface area contributed by atoms with E-state index in [1.165, 1.54) is 0 Å². The Morgan fingerprint density at radius 1 is 1.29 bits per heavy atom. The maximum absolute atomic E-state index is 9.00. The van der Waals surface area contributed by atoms with E-state index >= 15 is 0 Å². The number of nitrogens with two attached hydrogens (primary N) is 1. The first-order valence-corrected chi connectivity index (χ1v) is 4.21. The number of hydrogen-bond acceptors (Lipinski definition) is 4. The molecule has 1 rings (SSSR count). The van der Waals surface area contributed by atoms with Gasteiger partial charge in [0, 0.05) is 26.4 Å². The molecule has 1 unspecified atom stereocenters. The summed E-state index contributed by atoms with van der Waals surface area (Å²) >= 11 is 0. The van der Waals surface area contributed by atoms with E-state index in [0.29, 0.717) is 6.04 Å². The topological polar surface area (TPSA) is 113 Å². The van der Waals surface area contributed by atoms with E-state index in [0.717, 1.165) is 33.4 Å². The molecule has 0 radical (unpaired) electrons. The Kier molecular flexibility index (Phi) is 10.9. The van der Waals surface area contributed by atoms with E-state index in [9.17, 15) is 0 Å². The molecular weight excluding hydrogens is 188 g/mol. The molecule has 0 bridgehead atoms. The molecule has 1 saturated heterocycles. The van der Waals surface area contributed by atoms with Gasteiger partial charge < -0.3 is 21.3 Å². The van der Waals surface area contributed by atoms with Gasteiger partial charge in [0.05, 0.1) is 0 Å². The van der Waals surface area contributed by atoms with Crippen molar-refractivity contribution in [3.8, 4) is 0 Å². The minimum Gasteiger partial charge on any atom is -0.481 e. The van der Waals surface area contributed by atoms with Gasteiger partial charge in [0.25, 0.3) is 11.9 Å². The molecule has 6 heteroatoms. The fourth-order valence-electron chi connectivity index (χ4n) is 0.677. The molecule has 0 aromatic carbocycles. The molecule has 1 aliphatic heterocycles. The number of nitrogens with one attached hydrogen (secondary N) is 1. The fraction of sp³-hybridized carbons (Fsp3) is 0.750. The van der Waals surface area contributed by atoms with Gasteiger partial charge >= 0.3 is 0 Å². The number of carbonyl (C=O) groups is 2. The van der Waals surface area contributed by atoms with Crippen LogP contribution in [0.3, 0.4) is 0 Å². The highest BCUT2D eigenvalue weighted by molar-refractivity contribution is 5.63. The van der Waals surface area contributed by atoms with E-state index in [2.05, 4.69) is 5.32 Å². The monoisotopic (exact) mass is 206 g/mol. The SMILES string of the molecule is CC(=O)O.CC(=O)O.NC1CCNC1. The zero-order valence-corrected chi connectivity index (χ0v) is 8.49. The second kappa shape index (κ2) is 9.94. The zero-order chi connectivity index (χ0) is 11.6. The molecule has 1 heterocycles. The second-order valence-corrected chi connectivity index (χ2v) is 2.79. The molecule has 14 heavy (non-hydrogen) atoms. The largest absolute Gasteiger partial charge is 0.481 e. The lowest BCUT2D eigenvalue weighted by molar-refractivity contribution is -0.135. The highest BCUT2D eigenvalue weighted by Gasteiger charge is 2.06. The van der Waals surface area contributed by atoms with Crippen LogP contribution >= 0.6 is 0 Å². The number of aliphatic carboxylic acids is 2. The lowest BCUT2D eigenvalue weighted by atomic mass is 10.3. The Morgan fingerprint density at radius 3 is 1.71 bits per heavy atom. The van der Waals surface area contributed by atoms with E-state index in [-0.39, 0.29) is 0 Å². The normalized spacial score (nSPS) is 18.4. The summed E-state index contributed by atoms with van der Waals surface area (Å²) in [5.41, 5.74) is 5.47. The molecule has 5 N–H and O–H groups in total. The molecule has 0 aliphatic carbocycles. The van der Waals surface area contributed by atoms with Crippen molar-refractivity contribution < 1.29 is 19.8 Å². The maximum Gasteiger partial charge on any atom is 0.300 e. The van der Waals surface area contributed by atoms with Gasteiger partial charge in [-0.15, -0.1) is 0 Å². The summed E-state index contributed by atoms with van der Waals surface area (Å²) in [6.07, 6.45) is 1.15. The molecule has 84 valence electrons. The van der Waals surface area contributed by atoms with Crippen molar-refractivity contribution in [1.29, 1.82) is 0 Å². The first-order valence-electron chi connectivity index (χ1n) is 4.21. The van der Waals surface area contributed by atoms with Crippen molar-refractivity contribution >= 4 is 11.9 Å². The maximum atomic E-state index is 9.00. The average Bonchev–Trinajstić information content (AvgIpc) is 2.36. The van der Waals surface area contributed by atoms with Crippen LogP contribution in [-0.4, -0.2) is 41.3 Å². The number of hydrogen-bond donors (Lipinski definition) is 4. The molecule has 0 aromatic heterocycles.